The fourth-order valence-corrected chi connectivity index (χ4v) is 2.55. The van der Waals surface area contributed by atoms with E-state index in [1.165, 1.54) is 0 Å². The zero-order valence-electron chi connectivity index (χ0n) is 14.7. The van der Waals surface area contributed by atoms with E-state index in [0.29, 0.717) is 0 Å². The average Bonchev–Trinajstić information content (AvgIpc) is 2.70. The van der Waals surface area contributed by atoms with Gasteiger partial charge in [0.15, 0.2) is 0 Å². The first kappa shape index (κ1) is 20.2. The van der Waals surface area contributed by atoms with Crippen LogP contribution in [0, 0.1) is 0 Å². The molecule has 0 fully saturated rings. The highest BCUT2D eigenvalue weighted by atomic mass is 16.5. The lowest BCUT2D eigenvalue weighted by Gasteiger charge is -2.21. The Morgan fingerprint density at radius 2 is 1.52 bits per heavy atom. The van der Waals surface area contributed by atoms with Crippen LogP contribution in [0.4, 0.5) is 0 Å². The predicted molar refractivity (Wildman–Crippen MR) is 102 cm³/mol. The summed E-state index contributed by atoms with van der Waals surface area (Å²) in [6.45, 7) is -0.987. The number of nitrogens with two attached hydrogens (primary N) is 1. The molecule has 0 heterocycles. The van der Waals surface area contributed by atoms with Crippen molar-refractivity contribution in [3.05, 3.63) is 60.7 Å². The summed E-state index contributed by atoms with van der Waals surface area (Å²) < 4.78 is 5.68. The molecule has 0 aromatic heterocycles. The normalized spacial score (nSPS) is 11.3. The minimum Gasteiger partial charge on any atom is -0.524 e. The molecule has 1 unspecified atom stereocenters. The van der Waals surface area contributed by atoms with Gasteiger partial charge >= 0.3 is 18.9 Å². The van der Waals surface area contributed by atoms with Gasteiger partial charge in [-0.2, -0.15) is 0 Å². The zero-order chi connectivity index (χ0) is 19.6. The van der Waals surface area contributed by atoms with Gasteiger partial charge in [0.1, 0.15) is 6.04 Å². The third-order valence-electron chi connectivity index (χ3n) is 3.89. The fraction of sp³-hybridized carbons (Fsp3) is 0.211. The van der Waals surface area contributed by atoms with E-state index in [9.17, 15) is 14.4 Å². The van der Waals surface area contributed by atoms with Crippen LogP contribution in [0.15, 0.2) is 60.7 Å². The van der Waals surface area contributed by atoms with Crippen LogP contribution in [-0.2, 0) is 19.0 Å². The lowest BCUT2D eigenvalue weighted by molar-refractivity contribution is -0.141. The molecule has 2 aromatic carbocycles. The van der Waals surface area contributed by atoms with E-state index in [1.54, 1.807) is 0 Å². The number of carbonyl (C=O) groups is 3. The van der Waals surface area contributed by atoms with Gasteiger partial charge in [0.05, 0.1) is 6.54 Å². The number of nitrogens with one attached hydrogen (secondary N) is 1. The van der Waals surface area contributed by atoms with Gasteiger partial charge < -0.3 is 20.8 Å². The van der Waals surface area contributed by atoms with E-state index < -0.39 is 30.8 Å². The Morgan fingerprint density at radius 1 is 1.00 bits per heavy atom. The quantitative estimate of drug-likeness (QED) is 0.521. The summed E-state index contributed by atoms with van der Waals surface area (Å²) in [4.78, 5) is 35.2. The van der Waals surface area contributed by atoms with Crippen LogP contribution in [0.2, 0.25) is 0 Å². The van der Waals surface area contributed by atoms with Gasteiger partial charge in [0.2, 0.25) is 5.91 Å². The van der Waals surface area contributed by atoms with Gasteiger partial charge in [-0.1, -0.05) is 60.7 Å². The van der Waals surface area contributed by atoms with Gasteiger partial charge in [-0.15, -0.1) is 0 Å². The second-order valence-electron chi connectivity index (χ2n) is 5.89. The second kappa shape index (κ2) is 10.1. The highest BCUT2D eigenvalue weighted by Gasteiger charge is 2.30. The van der Waals surface area contributed by atoms with E-state index in [2.05, 4.69) is 5.32 Å². The predicted octanol–water partition coefficient (Wildman–Crippen LogP) is -0.356. The number of aliphatic carboxylic acids is 1. The van der Waals surface area contributed by atoms with E-state index in [1.807, 2.05) is 60.7 Å². The first-order valence-electron chi connectivity index (χ1n) is 8.53. The molecule has 7 nitrogen and oxygen atoms in total. The first-order chi connectivity index (χ1) is 13.0. The van der Waals surface area contributed by atoms with Crippen molar-refractivity contribution in [3.8, 4) is 0 Å². The van der Waals surface area contributed by atoms with Crippen molar-refractivity contribution in [2.75, 3.05) is 6.54 Å². The molecule has 0 radical (unpaired) electrons. The number of rotatable bonds is 9. The molecule has 140 valence electrons. The number of carbonyl (C=O) groups excluding carboxylic acids is 2. The maximum absolute atomic E-state index is 12.7. The lowest BCUT2D eigenvalue weighted by atomic mass is 9.55. The average molecular weight is 368 g/mol. The molecular formula is C19H21BN2O5. The standard InChI is InChI=1S/C19H21BN2O5/c21-13-17(23)22-16(11-12-18(24)25)19(26)27-20(14-7-3-1-4-8-14)15-9-5-2-6-10-15/h1-10,16H,11-13,21H2,(H,22,23)(H,24,25). The van der Waals surface area contributed by atoms with Crippen molar-refractivity contribution < 1.29 is 24.1 Å². The lowest BCUT2D eigenvalue weighted by Crippen LogP contribution is -2.51. The highest BCUT2D eigenvalue weighted by molar-refractivity contribution is 6.81. The van der Waals surface area contributed by atoms with Crippen molar-refractivity contribution in [2.45, 2.75) is 18.9 Å². The summed E-state index contributed by atoms with van der Waals surface area (Å²) in [6, 6.07) is 17.3. The Kier molecular flexibility index (Phi) is 7.57. The number of benzene rings is 2. The number of carboxylic acid groups (broad SMARTS) is 1. The molecule has 0 aliphatic carbocycles. The molecule has 0 bridgehead atoms. The van der Waals surface area contributed by atoms with Crippen LogP contribution in [0.1, 0.15) is 12.8 Å². The second-order valence-corrected chi connectivity index (χ2v) is 5.89. The zero-order valence-corrected chi connectivity index (χ0v) is 14.7. The molecule has 8 heteroatoms. The van der Waals surface area contributed by atoms with E-state index in [-0.39, 0.29) is 19.4 Å². The van der Waals surface area contributed by atoms with Gasteiger partial charge in [0.25, 0.3) is 0 Å². The Bertz CT molecular complexity index is 731. The maximum atomic E-state index is 12.7. The van der Waals surface area contributed by atoms with Crippen LogP contribution < -0.4 is 22.0 Å². The van der Waals surface area contributed by atoms with Crippen molar-refractivity contribution in [1.82, 2.24) is 5.32 Å². The monoisotopic (exact) mass is 368 g/mol. The molecule has 27 heavy (non-hydrogen) atoms. The number of hydrogen-bond donors (Lipinski definition) is 3. The van der Waals surface area contributed by atoms with Gasteiger partial charge in [0, 0.05) is 6.42 Å². The highest BCUT2D eigenvalue weighted by Crippen LogP contribution is 2.04. The van der Waals surface area contributed by atoms with Crippen molar-refractivity contribution in [2.24, 2.45) is 5.73 Å². The third-order valence-corrected chi connectivity index (χ3v) is 3.89. The van der Waals surface area contributed by atoms with Crippen LogP contribution >= 0.6 is 0 Å². The molecule has 0 aliphatic rings. The topological polar surface area (TPSA) is 119 Å². The first-order valence-corrected chi connectivity index (χ1v) is 8.53. The smallest absolute Gasteiger partial charge is 0.429 e. The van der Waals surface area contributed by atoms with Crippen LogP contribution in [0.25, 0.3) is 0 Å². The molecular weight excluding hydrogens is 347 g/mol. The Balaban J connectivity index is 2.23. The number of hydrogen-bond acceptors (Lipinski definition) is 5. The number of amides is 1. The van der Waals surface area contributed by atoms with Crippen LogP contribution in [0.5, 0.6) is 0 Å². The Hall–Kier alpha value is -3.13. The molecule has 0 spiro atoms. The van der Waals surface area contributed by atoms with Gasteiger partial charge in [-0.05, 0) is 17.3 Å². The molecule has 0 saturated carbocycles. The Labute approximate surface area is 157 Å². The molecule has 1 amide bonds. The molecule has 1 atom stereocenters. The molecule has 2 rings (SSSR count). The van der Waals surface area contributed by atoms with Crippen molar-refractivity contribution in [1.29, 1.82) is 0 Å². The molecule has 2 aromatic rings. The van der Waals surface area contributed by atoms with Crippen molar-refractivity contribution in [3.63, 3.8) is 0 Å². The summed E-state index contributed by atoms with van der Waals surface area (Å²) in [5.74, 6) is -2.34. The van der Waals surface area contributed by atoms with Gasteiger partial charge in [-0.3, -0.25) is 14.4 Å². The summed E-state index contributed by atoms with van der Waals surface area (Å²) >= 11 is 0. The Morgan fingerprint density at radius 3 is 1.96 bits per heavy atom. The minimum absolute atomic E-state index is 0.0871. The van der Waals surface area contributed by atoms with Crippen LogP contribution in [0.3, 0.4) is 0 Å². The molecule has 4 N–H and O–H groups in total. The summed E-state index contributed by atoms with van der Waals surface area (Å²) in [5.41, 5.74) is 6.81. The van der Waals surface area contributed by atoms with Crippen LogP contribution in [-0.4, -0.2) is 42.5 Å². The number of carboxylic acids is 1. The maximum Gasteiger partial charge on any atom is 0.429 e. The van der Waals surface area contributed by atoms with Crippen molar-refractivity contribution >= 4 is 35.7 Å². The van der Waals surface area contributed by atoms with E-state index in [4.69, 9.17) is 15.5 Å². The van der Waals surface area contributed by atoms with E-state index in [0.717, 1.165) is 10.9 Å². The van der Waals surface area contributed by atoms with Gasteiger partial charge in [-0.25, -0.2) is 0 Å². The minimum atomic E-state index is -1.09. The fourth-order valence-electron chi connectivity index (χ4n) is 2.55. The summed E-state index contributed by atoms with van der Waals surface area (Å²) in [5, 5.41) is 11.3. The summed E-state index contributed by atoms with van der Waals surface area (Å²) in [6.07, 6.45) is -0.373. The SMILES string of the molecule is NCC(=O)NC(CCC(=O)O)C(=O)OB(c1ccccc1)c1ccccc1. The molecule has 0 saturated heterocycles. The third kappa shape index (κ3) is 6.27. The molecule has 0 aliphatic heterocycles. The largest absolute Gasteiger partial charge is 0.524 e. The van der Waals surface area contributed by atoms with E-state index >= 15 is 0 Å². The summed E-state index contributed by atoms with van der Waals surface area (Å²) in [7, 11) is 0.